The summed E-state index contributed by atoms with van der Waals surface area (Å²) in [5, 5.41) is 0. The molecular weight excluding hydrogens is 333 g/mol. The SMILES string of the molecule is CC(=O)N1CCCCC[C@@H]2[C@@H]1[C@H](c1cccc(F)c1)CN2CCC(N)=O. The second kappa shape index (κ2) is 8.16. The fourth-order valence-electron chi connectivity index (χ4n) is 4.64. The average Bonchev–Trinajstić information content (AvgIpc) is 2.90. The maximum Gasteiger partial charge on any atom is 0.219 e. The average molecular weight is 361 g/mol. The van der Waals surface area contributed by atoms with Crippen molar-refractivity contribution in [2.24, 2.45) is 5.73 Å². The van der Waals surface area contributed by atoms with Gasteiger partial charge in [-0.25, -0.2) is 4.39 Å². The molecule has 2 aliphatic heterocycles. The predicted molar refractivity (Wildman–Crippen MR) is 98.0 cm³/mol. The first-order valence-electron chi connectivity index (χ1n) is 9.52. The molecule has 1 aromatic carbocycles. The second-order valence-electron chi connectivity index (χ2n) is 7.49. The molecule has 2 saturated heterocycles. The summed E-state index contributed by atoms with van der Waals surface area (Å²) < 4.78 is 13.8. The van der Waals surface area contributed by atoms with Crippen LogP contribution >= 0.6 is 0 Å². The molecule has 0 spiro atoms. The van der Waals surface area contributed by atoms with E-state index in [2.05, 4.69) is 4.90 Å². The Balaban J connectivity index is 1.95. The van der Waals surface area contributed by atoms with Gasteiger partial charge in [0, 0.05) is 44.9 Å². The number of carbonyl (C=O) groups is 2. The summed E-state index contributed by atoms with van der Waals surface area (Å²) in [5.41, 5.74) is 6.28. The number of benzene rings is 1. The number of likely N-dealkylation sites (tertiary alicyclic amines) is 2. The molecule has 0 unspecified atom stereocenters. The standard InChI is InChI=1S/C20H28FN3O2/c1-14(25)24-10-4-2-3-8-18-20(24)17(13-23(18)11-9-19(22)26)15-6-5-7-16(21)12-15/h5-7,12,17-18,20H,2-4,8-11,13H2,1H3,(H2,22,26)/t17-,18+,20-/m0/s1. The van der Waals surface area contributed by atoms with Gasteiger partial charge in [0.05, 0.1) is 6.04 Å². The maximum atomic E-state index is 13.8. The van der Waals surface area contributed by atoms with Gasteiger partial charge >= 0.3 is 0 Å². The number of hydrogen-bond acceptors (Lipinski definition) is 3. The third-order valence-electron chi connectivity index (χ3n) is 5.79. The third kappa shape index (κ3) is 4.06. The van der Waals surface area contributed by atoms with Crippen molar-refractivity contribution in [2.75, 3.05) is 19.6 Å². The Morgan fingerprint density at radius 2 is 2.08 bits per heavy atom. The Kier molecular flexibility index (Phi) is 5.91. The first-order valence-corrected chi connectivity index (χ1v) is 9.52. The van der Waals surface area contributed by atoms with Crippen LogP contribution in [0.4, 0.5) is 4.39 Å². The van der Waals surface area contributed by atoms with Gasteiger partial charge in [-0.3, -0.25) is 14.5 Å². The van der Waals surface area contributed by atoms with Crippen LogP contribution in [0.1, 0.15) is 50.5 Å². The number of hydrogen-bond donors (Lipinski definition) is 1. The predicted octanol–water partition coefficient (Wildman–Crippen LogP) is 2.26. The molecule has 26 heavy (non-hydrogen) atoms. The molecule has 1 aromatic rings. The lowest BCUT2D eigenvalue weighted by Gasteiger charge is -2.39. The second-order valence-corrected chi connectivity index (χ2v) is 7.49. The van der Waals surface area contributed by atoms with E-state index in [0.717, 1.165) is 44.3 Å². The van der Waals surface area contributed by atoms with E-state index in [9.17, 15) is 14.0 Å². The van der Waals surface area contributed by atoms with Gasteiger partial charge in [-0.1, -0.05) is 25.0 Å². The maximum absolute atomic E-state index is 13.8. The van der Waals surface area contributed by atoms with Gasteiger partial charge in [0.1, 0.15) is 5.82 Å². The monoisotopic (exact) mass is 361 g/mol. The van der Waals surface area contributed by atoms with E-state index < -0.39 is 0 Å². The molecule has 3 atom stereocenters. The van der Waals surface area contributed by atoms with Crippen LogP contribution in [0.25, 0.3) is 0 Å². The van der Waals surface area contributed by atoms with Crippen molar-refractivity contribution in [3.8, 4) is 0 Å². The van der Waals surface area contributed by atoms with Crippen LogP contribution in [0.5, 0.6) is 0 Å². The number of amides is 2. The van der Waals surface area contributed by atoms with Crippen molar-refractivity contribution in [1.82, 2.24) is 9.80 Å². The van der Waals surface area contributed by atoms with Gasteiger partial charge in [-0.2, -0.15) is 0 Å². The Morgan fingerprint density at radius 3 is 2.77 bits per heavy atom. The fourth-order valence-corrected chi connectivity index (χ4v) is 4.64. The number of nitrogens with two attached hydrogens (primary N) is 1. The first kappa shape index (κ1) is 18.8. The number of fused-ring (bicyclic) bond motifs is 1. The summed E-state index contributed by atoms with van der Waals surface area (Å²) in [6.45, 7) is 3.67. The van der Waals surface area contributed by atoms with E-state index in [1.54, 1.807) is 19.1 Å². The molecule has 6 heteroatoms. The highest BCUT2D eigenvalue weighted by Gasteiger charge is 2.46. The minimum Gasteiger partial charge on any atom is -0.370 e. The Hall–Kier alpha value is -1.95. The van der Waals surface area contributed by atoms with E-state index in [-0.39, 0.29) is 35.6 Å². The first-order chi connectivity index (χ1) is 12.5. The Morgan fingerprint density at radius 1 is 1.27 bits per heavy atom. The Bertz CT molecular complexity index is 666. The summed E-state index contributed by atoms with van der Waals surface area (Å²) in [6.07, 6.45) is 4.50. The van der Waals surface area contributed by atoms with Crippen LogP contribution < -0.4 is 5.73 Å². The van der Waals surface area contributed by atoms with Crippen LogP contribution in [-0.2, 0) is 9.59 Å². The lowest BCUT2D eigenvalue weighted by Crippen LogP contribution is -2.50. The number of halogens is 1. The molecule has 5 nitrogen and oxygen atoms in total. The number of nitrogens with zero attached hydrogens (tertiary/aromatic N) is 2. The molecule has 2 fully saturated rings. The van der Waals surface area contributed by atoms with Crippen LogP contribution in [-0.4, -0.2) is 53.3 Å². The molecule has 2 aliphatic rings. The minimum atomic E-state index is -0.315. The summed E-state index contributed by atoms with van der Waals surface area (Å²) in [5.74, 6) is -0.453. The lowest BCUT2D eigenvalue weighted by molar-refractivity contribution is -0.132. The largest absolute Gasteiger partial charge is 0.370 e. The highest BCUT2D eigenvalue weighted by Crippen LogP contribution is 2.39. The highest BCUT2D eigenvalue weighted by atomic mass is 19.1. The molecule has 142 valence electrons. The number of primary amides is 1. The van der Waals surface area contributed by atoms with Crippen LogP contribution in [0, 0.1) is 5.82 Å². The van der Waals surface area contributed by atoms with E-state index in [1.165, 1.54) is 6.07 Å². The molecule has 0 bridgehead atoms. The van der Waals surface area contributed by atoms with E-state index >= 15 is 0 Å². The molecule has 3 rings (SSSR count). The van der Waals surface area contributed by atoms with Crippen molar-refractivity contribution < 1.29 is 14.0 Å². The van der Waals surface area contributed by atoms with E-state index in [1.807, 2.05) is 11.0 Å². The molecule has 0 saturated carbocycles. The lowest BCUT2D eigenvalue weighted by atomic mass is 9.86. The van der Waals surface area contributed by atoms with Crippen molar-refractivity contribution in [1.29, 1.82) is 0 Å². The molecular formula is C20H28FN3O2. The van der Waals surface area contributed by atoms with Crippen molar-refractivity contribution in [3.05, 3.63) is 35.6 Å². The van der Waals surface area contributed by atoms with E-state index in [0.29, 0.717) is 13.0 Å². The number of carbonyl (C=O) groups excluding carboxylic acids is 2. The van der Waals surface area contributed by atoms with Gasteiger partial charge in [-0.05, 0) is 30.5 Å². The van der Waals surface area contributed by atoms with Gasteiger partial charge in [0.2, 0.25) is 11.8 Å². The molecule has 0 aliphatic carbocycles. The van der Waals surface area contributed by atoms with Gasteiger partial charge in [0.15, 0.2) is 0 Å². The van der Waals surface area contributed by atoms with Gasteiger partial charge in [0.25, 0.3) is 0 Å². The Labute approximate surface area is 154 Å². The third-order valence-corrected chi connectivity index (χ3v) is 5.79. The summed E-state index contributed by atoms with van der Waals surface area (Å²) in [4.78, 5) is 27.9. The van der Waals surface area contributed by atoms with Crippen LogP contribution in [0.3, 0.4) is 0 Å². The normalized spacial score (nSPS) is 26.8. The smallest absolute Gasteiger partial charge is 0.219 e. The van der Waals surface area contributed by atoms with Gasteiger partial charge < -0.3 is 10.6 Å². The highest BCUT2D eigenvalue weighted by molar-refractivity contribution is 5.74. The number of rotatable bonds is 4. The topological polar surface area (TPSA) is 66.6 Å². The molecule has 2 heterocycles. The van der Waals surface area contributed by atoms with Gasteiger partial charge in [-0.15, -0.1) is 0 Å². The molecule has 2 N–H and O–H groups in total. The van der Waals surface area contributed by atoms with Crippen molar-refractivity contribution in [3.63, 3.8) is 0 Å². The zero-order chi connectivity index (χ0) is 18.7. The summed E-state index contributed by atoms with van der Waals surface area (Å²) in [6, 6.07) is 6.90. The van der Waals surface area contributed by atoms with Crippen LogP contribution in [0.2, 0.25) is 0 Å². The summed E-state index contributed by atoms with van der Waals surface area (Å²) >= 11 is 0. The van der Waals surface area contributed by atoms with Crippen molar-refractivity contribution >= 4 is 11.8 Å². The van der Waals surface area contributed by atoms with Crippen molar-refractivity contribution in [2.45, 2.75) is 57.0 Å². The van der Waals surface area contributed by atoms with Crippen LogP contribution in [0.15, 0.2) is 24.3 Å². The fraction of sp³-hybridized carbons (Fsp3) is 0.600. The minimum absolute atomic E-state index is 0.0162. The van der Waals surface area contributed by atoms with E-state index in [4.69, 9.17) is 5.73 Å². The summed E-state index contributed by atoms with van der Waals surface area (Å²) in [7, 11) is 0. The molecule has 2 amide bonds. The zero-order valence-electron chi connectivity index (χ0n) is 15.4. The quantitative estimate of drug-likeness (QED) is 0.895. The molecule has 0 radical (unpaired) electrons. The zero-order valence-corrected chi connectivity index (χ0v) is 15.4. The molecule has 0 aromatic heterocycles.